The minimum absolute atomic E-state index is 0.00129. The third-order valence-electron chi connectivity index (χ3n) is 3.47. The first-order valence-electron chi connectivity index (χ1n) is 6.86. The van der Waals surface area contributed by atoms with Crippen LogP contribution in [0.1, 0.15) is 34.5 Å². The van der Waals surface area contributed by atoms with Crippen LogP contribution in [0.15, 0.2) is 46.8 Å². The molecule has 3 rings (SSSR count). The van der Waals surface area contributed by atoms with Gasteiger partial charge < -0.3 is 5.32 Å². The first-order chi connectivity index (χ1) is 11.1. The fraction of sp³-hybridized carbons (Fsp3) is 0.125. The van der Waals surface area contributed by atoms with Crippen LogP contribution in [0.2, 0.25) is 0 Å². The number of carbonyl (C=O) groups excluding carboxylic acids is 1. The lowest BCUT2D eigenvalue weighted by atomic mass is 10.1. The van der Waals surface area contributed by atoms with Gasteiger partial charge in [-0.3, -0.25) is 14.0 Å². The molecular formula is C16H12N4O2S. The monoisotopic (exact) mass is 324 g/mol. The van der Waals surface area contributed by atoms with Crippen molar-refractivity contribution < 1.29 is 4.79 Å². The number of nitrogens with one attached hydrogen (secondary N) is 1. The maximum absolute atomic E-state index is 12.3. The summed E-state index contributed by atoms with van der Waals surface area (Å²) in [7, 11) is 0. The van der Waals surface area contributed by atoms with E-state index in [-0.39, 0.29) is 17.2 Å². The van der Waals surface area contributed by atoms with Gasteiger partial charge in [0.15, 0.2) is 4.96 Å². The summed E-state index contributed by atoms with van der Waals surface area (Å²) in [5.74, 6) is -0.472. The fourth-order valence-corrected chi connectivity index (χ4v) is 2.86. The van der Waals surface area contributed by atoms with Crippen LogP contribution in [0.4, 0.5) is 0 Å². The van der Waals surface area contributed by atoms with E-state index >= 15 is 0 Å². The summed E-state index contributed by atoms with van der Waals surface area (Å²) in [6.07, 6.45) is 2.89. The van der Waals surface area contributed by atoms with Crippen LogP contribution < -0.4 is 10.9 Å². The van der Waals surface area contributed by atoms with E-state index in [4.69, 9.17) is 5.26 Å². The highest BCUT2D eigenvalue weighted by Gasteiger charge is 2.16. The van der Waals surface area contributed by atoms with Crippen molar-refractivity contribution in [3.8, 4) is 6.07 Å². The van der Waals surface area contributed by atoms with E-state index in [9.17, 15) is 9.59 Å². The molecule has 1 amide bonds. The van der Waals surface area contributed by atoms with Crippen LogP contribution in [0, 0.1) is 11.3 Å². The van der Waals surface area contributed by atoms with Crippen molar-refractivity contribution in [2.75, 3.05) is 0 Å². The molecule has 3 aromatic rings. The Morgan fingerprint density at radius 2 is 2.13 bits per heavy atom. The number of nitriles is 1. The zero-order valence-electron chi connectivity index (χ0n) is 12.2. The number of carbonyl (C=O) groups is 1. The standard InChI is InChI=1S/C16H12N4O2S/c1-10(12-4-2-11(8-17)3-5-12)19-14(21)13-9-18-16-20(15(13)22)6-7-23-16/h2-7,9-10H,1H3,(H,19,21). The Morgan fingerprint density at radius 3 is 2.83 bits per heavy atom. The van der Waals surface area contributed by atoms with Crippen LogP contribution in [0.5, 0.6) is 0 Å². The van der Waals surface area contributed by atoms with E-state index in [1.165, 1.54) is 21.9 Å². The van der Waals surface area contributed by atoms with E-state index in [2.05, 4.69) is 10.3 Å². The van der Waals surface area contributed by atoms with Crippen molar-refractivity contribution >= 4 is 22.2 Å². The number of benzene rings is 1. The van der Waals surface area contributed by atoms with Gasteiger partial charge >= 0.3 is 0 Å². The summed E-state index contributed by atoms with van der Waals surface area (Å²) < 4.78 is 1.35. The average molecular weight is 324 g/mol. The first-order valence-corrected chi connectivity index (χ1v) is 7.74. The average Bonchev–Trinajstić information content (AvgIpc) is 3.04. The van der Waals surface area contributed by atoms with Crippen LogP contribution in [0.25, 0.3) is 4.96 Å². The van der Waals surface area contributed by atoms with E-state index in [0.29, 0.717) is 10.5 Å². The van der Waals surface area contributed by atoms with Crippen molar-refractivity contribution in [3.63, 3.8) is 0 Å². The number of rotatable bonds is 3. The molecule has 114 valence electrons. The Morgan fingerprint density at radius 1 is 1.39 bits per heavy atom. The zero-order valence-corrected chi connectivity index (χ0v) is 13.0. The van der Waals surface area contributed by atoms with Gasteiger partial charge in [-0.05, 0) is 24.6 Å². The second-order valence-electron chi connectivity index (χ2n) is 4.96. The van der Waals surface area contributed by atoms with Crippen LogP contribution >= 0.6 is 11.3 Å². The predicted octanol–water partition coefficient (Wildman–Crippen LogP) is 2.12. The molecule has 2 aromatic heterocycles. The predicted molar refractivity (Wildman–Crippen MR) is 86.4 cm³/mol. The molecule has 1 atom stereocenters. The normalized spacial score (nSPS) is 11.8. The lowest BCUT2D eigenvalue weighted by Gasteiger charge is -2.14. The van der Waals surface area contributed by atoms with Gasteiger partial charge in [0.25, 0.3) is 11.5 Å². The van der Waals surface area contributed by atoms with Gasteiger partial charge in [0.2, 0.25) is 0 Å². The van der Waals surface area contributed by atoms with Gasteiger partial charge in [0, 0.05) is 17.8 Å². The number of fused-ring (bicyclic) bond motifs is 1. The molecule has 0 aliphatic heterocycles. The number of hydrogen-bond donors (Lipinski definition) is 1. The quantitative estimate of drug-likeness (QED) is 0.799. The SMILES string of the molecule is CC(NC(=O)c1cnc2sccn2c1=O)c1ccc(C#N)cc1. The van der Waals surface area contributed by atoms with Crippen LogP contribution in [-0.2, 0) is 0 Å². The Labute approximate surface area is 135 Å². The maximum atomic E-state index is 12.3. The van der Waals surface area contributed by atoms with Crippen LogP contribution in [-0.4, -0.2) is 15.3 Å². The van der Waals surface area contributed by atoms with Crippen molar-refractivity contribution in [1.82, 2.24) is 14.7 Å². The Kier molecular flexibility index (Phi) is 3.91. The molecule has 2 heterocycles. The van der Waals surface area contributed by atoms with E-state index < -0.39 is 5.91 Å². The van der Waals surface area contributed by atoms with Gasteiger partial charge in [-0.15, -0.1) is 11.3 Å². The molecule has 0 radical (unpaired) electrons. The minimum atomic E-state index is -0.472. The molecule has 7 heteroatoms. The highest BCUT2D eigenvalue weighted by Crippen LogP contribution is 2.14. The number of aromatic nitrogens is 2. The molecule has 0 spiro atoms. The summed E-state index contributed by atoms with van der Waals surface area (Å²) in [5.41, 5.74) is 1.02. The minimum Gasteiger partial charge on any atom is -0.345 e. The van der Waals surface area contributed by atoms with Gasteiger partial charge in [-0.2, -0.15) is 5.26 Å². The Balaban J connectivity index is 1.83. The topological polar surface area (TPSA) is 87.3 Å². The van der Waals surface area contributed by atoms with Crippen molar-refractivity contribution in [1.29, 1.82) is 5.26 Å². The van der Waals surface area contributed by atoms with Gasteiger partial charge in [0.05, 0.1) is 17.7 Å². The summed E-state index contributed by atoms with van der Waals surface area (Å²) in [5, 5.41) is 13.3. The summed E-state index contributed by atoms with van der Waals surface area (Å²) in [6, 6.07) is 8.67. The third-order valence-corrected chi connectivity index (χ3v) is 4.25. The Bertz CT molecular complexity index is 966. The number of amides is 1. The highest BCUT2D eigenvalue weighted by molar-refractivity contribution is 7.15. The van der Waals surface area contributed by atoms with E-state index in [1.54, 1.807) is 35.8 Å². The smallest absolute Gasteiger partial charge is 0.271 e. The summed E-state index contributed by atoms with van der Waals surface area (Å²) in [6.45, 7) is 1.81. The molecule has 0 aliphatic carbocycles. The summed E-state index contributed by atoms with van der Waals surface area (Å²) in [4.78, 5) is 29.2. The zero-order chi connectivity index (χ0) is 16.4. The van der Waals surface area contributed by atoms with E-state index in [1.807, 2.05) is 13.0 Å². The maximum Gasteiger partial charge on any atom is 0.271 e. The largest absolute Gasteiger partial charge is 0.345 e. The van der Waals surface area contributed by atoms with Crippen molar-refractivity contribution in [3.05, 3.63) is 69.1 Å². The second-order valence-corrected chi connectivity index (χ2v) is 5.83. The summed E-state index contributed by atoms with van der Waals surface area (Å²) >= 11 is 1.33. The molecule has 0 saturated heterocycles. The highest BCUT2D eigenvalue weighted by atomic mass is 32.1. The number of thiazole rings is 1. The van der Waals surface area contributed by atoms with Gasteiger partial charge in [-0.25, -0.2) is 4.98 Å². The molecule has 0 aliphatic rings. The van der Waals surface area contributed by atoms with Crippen molar-refractivity contribution in [2.45, 2.75) is 13.0 Å². The molecule has 1 aromatic carbocycles. The van der Waals surface area contributed by atoms with Gasteiger partial charge in [-0.1, -0.05) is 12.1 Å². The molecule has 0 bridgehead atoms. The molecule has 0 fully saturated rings. The molecule has 23 heavy (non-hydrogen) atoms. The molecule has 0 saturated carbocycles. The third kappa shape index (κ3) is 2.84. The van der Waals surface area contributed by atoms with Crippen LogP contribution in [0.3, 0.4) is 0 Å². The molecule has 6 nitrogen and oxygen atoms in total. The van der Waals surface area contributed by atoms with Gasteiger partial charge in [0.1, 0.15) is 5.56 Å². The molecule has 1 unspecified atom stereocenters. The molecule has 1 N–H and O–H groups in total. The number of hydrogen-bond acceptors (Lipinski definition) is 5. The van der Waals surface area contributed by atoms with E-state index in [0.717, 1.165) is 5.56 Å². The number of nitrogens with zero attached hydrogens (tertiary/aromatic N) is 3. The first kappa shape index (κ1) is 14.9. The second kappa shape index (κ2) is 6.02. The van der Waals surface area contributed by atoms with Crippen molar-refractivity contribution in [2.24, 2.45) is 0 Å². The Hall–Kier alpha value is -2.98. The lowest BCUT2D eigenvalue weighted by molar-refractivity contribution is 0.0938. The lowest BCUT2D eigenvalue weighted by Crippen LogP contribution is -2.32. The molecular weight excluding hydrogens is 312 g/mol. The fourth-order valence-electron chi connectivity index (χ4n) is 2.18.